The van der Waals surface area contributed by atoms with Gasteiger partial charge in [-0.1, -0.05) is 30.3 Å². The highest BCUT2D eigenvalue weighted by Gasteiger charge is 2.57. The number of ketones is 1. The van der Waals surface area contributed by atoms with Crippen molar-refractivity contribution in [2.75, 3.05) is 19.3 Å². The van der Waals surface area contributed by atoms with Gasteiger partial charge in [-0.15, -0.1) is 0 Å². The van der Waals surface area contributed by atoms with Crippen LogP contribution in [0, 0.1) is 29.0 Å². The molecule has 0 aliphatic heterocycles. The highest BCUT2D eigenvalue weighted by Crippen LogP contribution is 2.65. The van der Waals surface area contributed by atoms with Crippen molar-refractivity contribution in [3.63, 3.8) is 0 Å². The van der Waals surface area contributed by atoms with Crippen LogP contribution in [0.4, 0.5) is 10.1 Å². The molecule has 4 aliphatic carbocycles. The van der Waals surface area contributed by atoms with E-state index in [4.69, 9.17) is 5.73 Å². The molecule has 2 unspecified atom stereocenters. The van der Waals surface area contributed by atoms with Crippen LogP contribution < -0.4 is 5.73 Å². The quantitative estimate of drug-likeness (QED) is 0.443. The fraction of sp³-hybridized carbons (Fsp3) is 0.464. The van der Waals surface area contributed by atoms with E-state index in [1.807, 2.05) is 6.08 Å². The third kappa shape index (κ3) is 4.38. The van der Waals surface area contributed by atoms with Crippen LogP contribution in [0.25, 0.3) is 6.08 Å². The number of allylic oxidation sites excluding steroid dienone is 1. The molecule has 0 saturated heterocycles. The van der Waals surface area contributed by atoms with E-state index < -0.39 is 0 Å². The van der Waals surface area contributed by atoms with Gasteiger partial charge in [0.15, 0.2) is 5.78 Å². The number of rotatable bonds is 8. The van der Waals surface area contributed by atoms with Crippen molar-refractivity contribution in [2.24, 2.45) is 23.2 Å². The summed E-state index contributed by atoms with van der Waals surface area (Å²) >= 11 is 0. The Morgan fingerprint density at radius 3 is 2.56 bits per heavy atom. The summed E-state index contributed by atoms with van der Waals surface area (Å²) < 4.78 is 13.4. The first-order chi connectivity index (χ1) is 15.4. The largest absolute Gasteiger partial charge is 0.398 e. The molecule has 2 atom stereocenters. The van der Waals surface area contributed by atoms with Gasteiger partial charge in [0.25, 0.3) is 0 Å². The number of nitrogens with two attached hydrogens (primary N) is 1. The number of nitrogens with zero attached hydrogens (tertiary/aromatic N) is 1. The van der Waals surface area contributed by atoms with E-state index in [0.717, 1.165) is 29.9 Å². The van der Waals surface area contributed by atoms with Crippen LogP contribution in [0.15, 0.2) is 48.5 Å². The Labute approximate surface area is 190 Å². The predicted molar refractivity (Wildman–Crippen MR) is 127 cm³/mol. The second-order valence-corrected chi connectivity index (χ2v) is 10.6. The smallest absolute Gasteiger partial charge is 0.160 e. The summed E-state index contributed by atoms with van der Waals surface area (Å²) in [5.74, 6) is 2.52. The van der Waals surface area contributed by atoms with Gasteiger partial charge in [0.2, 0.25) is 0 Å². The van der Waals surface area contributed by atoms with Crippen molar-refractivity contribution >= 4 is 17.5 Å². The number of hydrogen-bond acceptors (Lipinski definition) is 3. The normalized spacial score (nSPS) is 28.3. The van der Waals surface area contributed by atoms with E-state index in [-0.39, 0.29) is 18.0 Å². The maximum Gasteiger partial charge on any atom is 0.160 e. The minimum Gasteiger partial charge on any atom is -0.398 e. The van der Waals surface area contributed by atoms with E-state index >= 15 is 0 Å². The standard InChI is InChI=1S/C28H33FN2O/c1-31(18-28-15-21-10-22(16-28)12-24(28)11-21)17-20-4-2-19(3-5-20)6-8-26(32)14-23-13-25(29)7-9-27(23)30/h2-9,13,21-22,24H,10-12,14-18,30H2,1H3/b8-6+. The van der Waals surface area contributed by atoms with Crippen molar-refractivity contribution in [1.82, 2.24) is 4.90 Å². The van der Waals surface area contributed by atoms with Gasteiger partial charge in [-0.05, 0) is 103 Å². The Balaban J connectivity index is 1.15. The molecule has 0 spiro atoms. The number of nitrogen functional groups attached to an aromatic ring is 1. The van der Waals surface area contributed by atoms with E-state index in [1.165, 1.54) is 62.4 Å². The van der Waals surface area contributed by atoms with Crippen LogP contribution in [0.2, 0.25) is 0 Å². The zero-order valence-electron chi connectivity index (χ0n) is 18.9. The van der Waals surface area contributed by atoms with Crippen LogP contribution in [-0.4, -0.2) is 24.3 Å². The van der Waals surface area contributed by atoms with Crippen molar-refractivity contribution in [2.45, 2.75) is 45.1 Å². The van der Waals surface area contributed by atoms with Crippen molar-refractivity contribution in [3.8, 4) is 0 Å². The lowest BCUT2D eigenvalue weighted by Gasteiger charge is -2.36. The van der Waals surface area contributed by atoms with Gasteiger partial charge in [-0.25, -0.2) is 4.39 Å². The minimum atomic E-state index is -0.376. The molecule has 168 valence electrons. The van der Waals surface area contributed by atoms with Crippen LogP contribution in [-0.2, 0) is 17.8 Å². The van der Waals surface area contributed by atoms with Gasteiger partial charge in [0, 0.05) is 25.2 Å². The van der Waals surface area contributed by atoms with Gasteiger partial charge in [-0.3, -0.25) is 4.79 Å². The highest BCUT2D eigenvalue weighted by atomic mass is 19.1. The van der Waals surface area contributed by atoms with Gasteiger partial charge in [-0.2, -0.15) is 0 Å². The molecule has 6 rings (SSSR count). The van der Waals surface area contributed by atoms with E-state index in [0.29, 0.717) is 16.7 Å². The zero-order valence-corrected chi connectivity index (χ0v) is 18.9. The second kappa shape index (κ2) is 8.47. The molecular formula is C28H33FN2O. The molecule has 4 saturated carbocycles. The molecular weight excluding hydrogens is 399 g/mol. The first kappa shape index (κ1) is 21.4. The van der Waals surface area contributed by atoms with Crippen LogP contribution in [0.5, 0.6) is 0 Å². The molecule has 4 aliphatic rings. The Morgan fingerprint density at radius 2 is 1.84 bits per heavy atom. The lowest BCUT2D eigenvalue weighted by molar-refractivity contribution is -0.113. The molecule has 2 aromatic rings. The fourth-order valence-electron chi connectivity index (χ4n) is 7.03. The molecule has 0 amide bonds. The summed E-state index contributed by atoms with van der Waals surface area (Å²) in [6.07, 6.45) is 10.8. The summed E-state index contributed by atoms with van der Waals surface area (Å²) in [6, 6.07) is 12.6. The maximum atomic E-state index is 13.4. The third-order valence-corrected chi connectivity index (χ3v) is 8.11. The molecule has 0 heterocycles. The Morgan fingerprint density at radius 1 is 1.12 bits per heavy atom. The summed E-state index contributed by atoms with van der Waals surface area (Å²) in [4.78, 5) is 14.8. The number of carbonyl (C=O) groups is 1. The molecule has 4 heteroatoms. The zero-order chi connectivity index (χ0) is 22.3. The van der Waals surface area contributed by atoms with E-state index in [1.54, 1.807) is 6.08 Å². The molecule has 2 aromatic carbocycles. The van der Waals surface area contributed by atoms with Gasteiger partial charge in [0.05, 0.1) is 0 Å². The average molecular weight is 433 g/mol. The molecule has 4 bridgehead atoms. The van der Waals surface area contributed by atoms with Crippen LogP contribution in [0.3, 0.4) is 0 Å². The number of hydrogen-bond donors (Lipinski definition) is 1. The number of halogens is 1. The second-order valence-electron chi connectivity index (χ2n) is 10.6. The monoisotopic (exact) mass is 432 g/mol. The van der Waals surface area contributed by atoms with Gasteiger partial charge >= 0.3 is 0 Å². The summed E-state index contributed by atoms with van der Waals surface area (Å²) in [7, 11) is 2.26. The first-order valence-corrected chi connectivity index (χ1v) is 11.9. The van der Waals surface area contributed by atoms with Crippen molar-refractivity contribution in [3.05, 3.63) is 71.0 Å². The number of benzene rings is 2. The van der Waals surface area contributed by atoms with E-state index in [2.05, 4.69) is 36.2 Å². The van der Waals surface area contributed by atoms with E-state index in [9.17, 15) is 9.18 Å². The average Bonchev–Trinajstić information content (AvgIpc) is 3.12. The fourth-order valence-corrected chi connectivity index (χ4v) is 7.03. The highest BCUT2D eigenvalue weighted by molar-refractivity contribution is 5.95. The molecule has 0 radical (unpaired) electrons. The summed E-state index contributed by atoms with van der Waals surface area (Å²) in [5, 5.41) is 0. The Hall–Kier alpha value is -2.46. The van der Waals surface area contributed by atoms with Gasteiger partial charge in [0.1, 0.15) is 5.82 Å². The molecule has 4 fully saturated rings. The van der Waals surface area contributed by atoms with Crippen LogP contribution >= 0.6 is 0 Å². The predicted octanol–water partition coefficient (Wildman–Crippen LogP) is 5.49. The van der Waals surface area contributed by atoms with Crippen molar-refractivity contribution < 1.29 is 9.18 Å². The Kier molecular flexibility index (Phi) is 5.66. The molecule has 0 aromatic heterocycles. The number of anilines is 1. The molecule has 2 N–H and O–H groups in total. The maximum absolute atomic E-state index is 13.4. The SMILES string of the molecule is CN(Cc1ccc(/C=C/C(=O)Cc2cc(F)ccc2N)cc1)CC12CC3CC(CC1C3)C2. The molecule has 32 heavy (non-hydrogen) atoms. The third-order valence-electron chi connectivity index (χ3n) is 8.11. The molecule has 3 nitrogen and oxygen atoms in total. The minimum absolute atomic E-state index is 0.0916. The Bertz CT molecular complexity index is 1010. The first-order valence-electron chi connectivity index (χ1n) is 11.9. The lowest BCUT2D eigenvalue weighted by atomic mass is 9.75. The lowest BCUT2D eigenvalue weighted by Crippen LogP contribution is -2.36. The summed E-state index contributed by atoms with van der Waals surface area (Å²) in [5.41, 5.74) is 9.70. The van der Waals surface area contributed by atoms with Crippen LogP contribution in [0.1, 0.15) is 48.8 Å². The van der Waals surface area contributed by atoms with Crippen molar-refractivity contribution in [1.29, 1.82) is 0 Å². The number of carbonyl (C=O) groups excluding carboxylic acids is 1. The van der Waals surface area contributed by atoms with Gasteiger partial charge < -0.3 is 10.6 Å². The topological polar surface area (TPSA) is 46.3 Å². The summed E-state index contributed by atoms with van der Waals surface area (Å²) in [6.45, 7) is 2.19.